The summed E-state index contributed by atoms with van der Waals surface area (Å²) < 4.78 is 1.76. The van der Waals surface area contributed by atoms with Crippen LogP contribution in [0.3, 0.4) is 0 Å². The van der Waals surface area contributed by atoms with Crippen molar-refractivity contribution < 1.29 is 4.79 Å². The molecule has 1 fully saturated rings. The maximum Gasteiger partial charge on any atom is 0.252 e. The molecule has 3 heterocycles. The molecule has 0 aliphatic heterocycles. The highest BCUT2D eigenvalue weighted by molar-refractivity contribution is 6.06. The van der Waals surface area contributed by atoms with Crippen LogP contribution in [-0.4, -0.2) is 25.7 Å². The van der Waals surface area contributed by atoms with E-state index in [4.69, 9.17) is 4.98 Å². The SMILES string of the molecule is Cc1nn(C)c2nc(C3CC3)cc(C(=O)NC(C)c3cccnc3)c12. The summed E-state index contributed by atoms with van der Waals surface area (Å²) in [6.45, 7) is 3.88. The minimum atomic E-state index is -0.120. The zero-order chi connectivity index (χ0) is 17.6. The fourth-order valence-corrected chi connectivity index (χ4v) is 3.22. The first-order chi connectivity index (χ1) is 12.0. The predicted molar refractivity (Wildman–Crippen MR) is 95.3 cm³/mol. The smallest absolute Gasteiger partial charge is 0.252 e. The normalized spacial score (nSPS) is 15.3. The summed E-state index contributed by atoms with van der Waals surface area (Å²) in [7, 11) is 1.87. The molecule has 1 amide bonds. The van der Waals surface area contributed by atoms with Gasteiger partial charge >= 0.3 is 0 Å². The number of aromatic nitrogens is 4. The van der Waals surface area contributed by atoms with E-state index in [9.17, 15) is 4.79 Å². The van der Waals surface area contributed by atoms with Crippen LogP contribution in [0.5, 0.6) is 0 Å². The molecule has 0 aromatic carbocycles. The molecule has 6 heteroatoms. The number of rotatable bonds is 4. The summed E-state index contributed by atoms with van der Waals surface area (Å²) in [4.78, 5) is 21.9. The lowest BCUT2D eigenvalue weighted by atomic mass is 10.1. The number of carbonyl (C=O) groups excluding carboxylic acids is 1. The summed E-state index contributed by atoms with van der Waals surface area (Å²) in [6.07, 6.45) is 5.79. The van der Waals surface area contributed by atoms with Gasteiger partial charge < -0.3 is 5.32 Å². The Bertz CT molecular complexity index is 943. The number of aryl methyl sites for hydroxylation is 2. The molecule has 0 bridgehead atoms. The Labute approximate surface area is 146 Å². The number of fused-ring (bicyclic) bond motifs is 1. The molecule has 1 saturated carbocycles. The maximum atomic E-state index is 13.0. The van der Waals surface area contributed by atoms with Crippen molar-refractivity contribution in [3.8, 4) is 0 Å². The molecule has 3 aromatic heterocycles. The van der Waals surface area contributed by atoms with Gasteiger partial charge in [0, 0.05) is 31.1 Å². The highest BCUT2D eigenvalue weighted by atomic mass is 16.1. The number of hydrogen-bond acceptors (Lipinski definition) is 4. The molecule has 0 spiro atoms. The number of carbonyl (C=O) groups is 1. The third-order valence-corrected chi connectivity index (χ3v) is 4.76. The van der Waals surface area contributed by atoms with Crippen LogP contribution in [0.15, 0.2) is 30.6 Å². The number of pyridine rings is 2. The van der Waals surface area contributed by atoms with Crippen LogP contribution in [0.1, 0.15) is 59.0 Å². The quantitative estimate of drug-likeness (QED) is 0.795. The lowest BCUT2D eigenvalue weighted by Crippen LogP contribution is -2.27. The van der Waals surface area contributed by atoms with Gasteiger partial charge in [-0.2, -0.15) is 5.10 Å². The molecule has 1 N–H and O–H groups in total. The van der Waals surface area contributed by atoms with E-state index in [1.165, 1.54) is 0 Å². The van der Waals surface area contributed by atoms with Gasteiger partial charge in [-0.1, -0.05) is 6.07 Å². The Morgan fingerprint density at radius 2 is 2.20 bits per heavy atom. The van der Waals surface area contributed by atoms with Gasteiger partial charge in [-0.25, -0.2) is 4.98 Å². The average Bonchev–Trinajstić information content (AvgIpc) is 3.42. The highest BCUT2D eigenvalue weighted by Gasteiger charge is 2.28. The second-order valence-electron chi connectivity index (χ2n) is 6.76. The van der Waals surface area contributed by atoms with Crippen LogP contribution < -0.4 is 5.32 Å². The van der Waals surface area contributed by atoms with E-state index in [2.05, 4.69) is 15.4 Å². The molecule has 1 aliphatic carbocycles. The van der Waals surface area contributed by atoms with Crippen molar-refractivity contribution in [1.82, 2.24) is 25.1 Å². The van der Waals surface area contributed by atoms with Crippen molar-refractivity contribution in [3.63, 3.8) is 0 Å². The molecule has 1 atom stereocenters. The summed E-state index contributed by atoms with van der Waals surface area (Å²) in [5.41, 5.74) is 4.24. The number of amides is 1. The van der Waals surface area contributed by atoms with Gasteiger partial charge in [-0.3, -0.25) is 14.5 Å². The first-order valence-electron chi connectivity index (χ1n) is 8.59. The molecule has 4 rings (SSSR count). The van der Waals surface area contributed by atoms with Crippen LogP contribution in [0, 0.1) is 6.92 Å². The van der Waals surface area contributed by atoms with Crippen LogP contribution in [0.25, 0.3) is 11.0 Å². The van der Waals surface area contributed by atoms with Gasteiger partial charge in [0.05, 0.1) is 22.7 Å². The molecule has 25 heavy (non-hydrogen) atoms. The molecule has 6 nitrogen and oxygen atoms in total. The van der Waals surface area contributed by atoms with E-state index in [1.54, 1.807) is 17.1 Å². The molecular weight excluding hydrogens is 314 g/mol. The number of hydrogen-bond donors (Lipinski definition) is 1. The molecule has 0 radical (unpaired) electrons. The minimum absolute atomic E-state index is 0.0956. The Morgan fingerprint density at radius 3 is 2.88 bits per heavy atom. The van der Waals surface area contributed by atoms with Crippen LogP contribution in [-0.2, 0) is 7.05 Å². The fraction of sp³-hybridized carbons (Fsp3) is 0.368. The lowest BCUT2D eigenvalue weighted by molar-refractivity contribution is 0.0941. The standard InChI is InChI=1S/C19H21N5O/c1-11(14-5-4-8-20-10-14)21-19(25)15-9-16(13-6-7-13)22-18-17(15)12(2)23-24(18)3/h4-5,8-11,13H,6-7H2,1-3H3,(H,21,25). The zero-order valence-corrected chi connectivity index (χ0v) is 14.7. The van der Waals surface area contributed by atoms with E-state index in [0.29, 0.717) is 11.5 Å². The topological polar surface area (TPSA) is 72.7 Å². The van der Waals surface area contributed by atoms with E-state index in [0.717, 1.165) is 40.8 Å². The van der Waals surface area contributed by atoms with E-state index >= 15 is 0 Å². The van der Waals surface area contributed by atoms with Crippen molar-refractivity contribution in [2.75, 3.05) is 0 Å². The Kier molecular flexibility index (Phi) is 3.75. The highest BCUT2D eigenvalue weighted by Crippen LogP contribution is 2.40. The Morgan fingerprint density at radius 1 is 1.40 bits per heavy atom. The summed E-state index contributed by atoms with van der Waals surface area (Å²) in [6, 6.07) is 5.66. The lowest BCUT2D eigenvalue weighted by Gasteiger charge is -2.15. The molecule has 0 saturated heterocycles. The Hall–Kier alpha value is -2.76. The maximum absolute atomic E-state index is 13.0. The second kappa shape index (κ2) is 5.95. The van der Waals surface area contributed by atoms with Gasteiger partial charge in [0.15, 0.2) is 5.65 Å². The van der Waals surface area contributed by atoms with Gasteiger partial charge in [0.2, 0.25) is 0 Å². The summed E-state index contributed by atoms with van der Waals surface area (Å²) in [5.74, 6) is 0.378. The minimum Gasteiger partial charge on any atom is -0.345 e. The summed E-state index contributed by atoms with van der Waals surface area (Å²) >= 11 is 0. The molecular formula is C19H21N5O. The number of nitrogens with zero attached hydrogens (tertiary/aromatic N) is 4. The van der Waals surface area contributed by atoms with Crippen molar-refractivity contribution in [1.29, 1.82) is 0 Å². The van der Waals surface area contributed by atoms with E-state index < -0.39 is 0 Å². The predicted octanol–water partition coefficient (Wildman–Crippen LogP) is 3.04. The fourth-order valence-electron chi connectivity index (χ4n) is 3.22. The third kappa shape index (κ3) is 2.88. The van der Waals surface area contributed by atoms with Crippen molar-refractivity contribution in [2.45, 2.75) is 38.6 Å². The second-order valence-corrected chi connectivity index (χ2v) is 6.76. The van der Waals surface area contributed by atoms with Crippen molar-refractivity contribution >= 4 is 16.9 Å². The molecule has 1 aliphatic rings. The van der Waals surface area contributed by atoms with E-state index in [-0.39, 0.29) is 11.9 Å². The molecule has 128 valence electrons. The largest absolute Gasteiger partial charge is 0.345 e. The van der Waals surface area contributed by atoms with Crippen LogP contribution >= 0.6 is 0 Å². The van der Waals surface area contributed by atoms with Gasteiger partial charge in [0.1, 0.15) is 0 Å². The van der Waals surface area contributed by atoms with Crippen molar-refractivity contribution in [2.24, 2.45) is 7.05 Å². The summed E-state index contributed by atoms with van der Waals surface area (Å²) in [5, 5.41) is 8.38. The van der Waals surface area contributed by atoms with Gasteiger partial charge in [-0.05, 0) is 44.4 Å². The monoisotopic (exact) mass is 335 g/mol. The van der Waals surface area contributed by atoms with Crippen molar-refractivity contribution in [3.05, 3.63) is 53.1 Å². The first kappa shape index (κ1) is 15.7. The Balaban J connectivity index is 1.73. The average molecular weight is 335 g/mol. The zero-order valence-electron chi connectivity index (χ0n) is 14.7. The molecule has 3 aromatic rings. The van der Waals surface area contributed by atoms with E-state index in [1.807, 2.05) is 39.1 Å². The van der Waals surface area contributed by atoms with Gasteiger partial charge in [0.25, 0.3) is 5.91 Å². The third-order valence-electron chi connectivity index (χ3n) is 4.76. The van der Waals surface area contributed by atoms with Crippen LogP contribution in [0.4, 0.5) is 0 Å². The van der Waals surface area contributed by atoms with Crippen LogP contribution in [0.2, 0.25) is 0 Å². The molecule has 1 unspecified atom stereocenters. The number of nitrogens with one attached hydrogen (secondary N) is 1. The first-order valence-corrected chi connectivity index (χ1v) is 8.59. The van der Waals surface area contributed by atoms with Gasteiger partial charge in [-0.15, -0.1) is 0 Å².